The van der Waals surface area contributed by atoms with Gasteiger partial charge in [-0.15, -0.1) is 0 Å². The lowest BCUT2D eigenvalue weighted by Gasteiger charge is -2.19. The zero-order valence-corrected chi connectivity index (χ0v) is 11.6. The first kappa shape index (κ1) is 13.4. The average molecular weight is 271 g/mol. The van der Waals surface area contributed by atoms with Crippen molar-refractivity contribution in [2.75, 3.05) is 0 Å². The van der Waals surface area contributed by atoms with E-state index in [2.05, 4.69) is 5.10 Å². The van der Waals surface area contributed by atoms with Crippen LogP contribution in [0.1, 0.15) is 36.9 Å². The third-order valence-electron chi connectivity index (χ3n) is 3.98. The lowest BCUT2D eigenvalue weighted by atomic mass is 9.86. The molecule has 0 saturated heterocycles. The Morgan fingerprint density at radius 2 is 2.17 bits per heavy atom. The van der Waals surface area contributed by atoms with Crippen molar-refractivity contribution in [2.24, 2.45) is 18.9 Å². The van der Waals surface area contributed by atoms with E-state index in [9.17, 15) is 9.90 Å². The van der Waals surface area contributed by atoms with Gasteiger partial charge in [0.2, 0.25) is 0 Å². The van der Waals surface area contributed by atoms with Gasteiger partial charge in [0.1, 0.15) is 5.15 Å². The zero-order valence-electron chi connectivity index (χ0n) is 10.8. The van der Waals surface area contributed by atoms with Crippen molar-refractivity contribution in [3.8, 4) is 0 Å². The third kappa shape index (κ3) is 2.53. The van der Waals surface area contributed by atoms with Crippen molar-refractivity contribution in [1.29, 1.82) is 0 Å². The smallest absolute Gasteiger partial charge is 0.307 e. The molecule has 4 nitrogen and oxygen atoms in total. The lowest BCUT2D eigenvalue weighted by molar-refractivity contribution is -0.143. The van der Waals surface area contributed by atoms with Gasteiger partial charge in [-0.25, -0.2) is 0 Å². The Hall–Kier alpha value is -1.03. The van der Waals surface area contributed by atoms with Gasteiger partial charge in [-0.1, -0.05) is 24.4 Å². The maximum atomic E-state index is 11.4. The summed E-state index contributed by atoms with van der Waals surface area (Å²) in [4.78, 5) is 11.4. The lowest BCUT2D eigenvalue weighted by Crippen LogP contribution is -2.24. The third-order valence-corrected chi connectivity index (χ3v) is 4.45. The van der Waals surface area contributed by atoms with Crippen molar-refractivity contribution in [3.05, 3.63) is 16.4 Å². The first-order valence-electron chi connectivity index (χ1n) is 6.41. The van der Waals surface area contributed by atoms with Crippen LogP contribution in [0.15, 0.2) is 0 Å². The molecular weight excluding hydrogens is 252 g/mol. The van der Waals surface area contributed by atoms with Crippen LogP contribution in [0.25, 0.3) is 0 Å². The molecule has 1 atom stereocenters. The summed E-state index contributed by atoms with van der Waals surface area (Å²) in [6.45, 7) is 1.88. The number of halogens is 1. The fourth-order valence-corrected chi connectivity index (χ4v) is 3.19. The Morgan fingerprint density at radius 1 is 1.56 bits per heavy atom. The SMILES string of the molecule is Cc1nn(C)c(Cl)c1CC(C(=O)O)C1CCCC1. The van der Waals surface area contributed by atoms with Crippen LogP contribution in [-0.4, -0.2) is 20.9 Å². The van der Waals surface area contributed by atoms with Crippen molar-refractivity contribution in [2.45, 2.75) is 39.0 Å². The van der Waals surface area contributed by atoms with Crippen molar-refractivity contribution in [1.82, 2.24) is 9.78 Å². The summed E-state index contributed by atoms with van der Waals surface area (Å²) in [5.41, 5.74) is 1.73. The summed E-state index contributed by atoms with van der Waals surface area (Å²) in [6, 6.07) is 0. The first-order chi connectivity index (χ1) is 8.50. The van der Waals surface area contributed by atoms with E-state index in [-0.39, 0.29) is 11.8 Å². The molecule has 0 radical (unpaired) electrons. The Labute approximate surface area is 112 Å². The Morgan fingerprint density at radius 3 is 2.61 bits per heavy atom. The Balaban J connectivity index is 2.20. The zero-order chi connectivity index (χ0) is 13.3. The number of carboxylic acids is 1. The van der Waals surface area contributed by atoms with E-state index in [1.807, 2.05) is 6.92 Å². The molecule has 0 aliphatic heterocycles. The van der Waals surface area contributed by atoms with Gasteiger partial charge in [-0.3, -0.25) is 9.48 Å². The summed E-state index contributed by atoms with van der Waals surface area (Å²) in [6.07, 6.45) is 4.84. The molecule has 0 spiro atoms. The van der Waals surface area contributed by atoms with Crippen LogP contribution < -0.4 is 0 Å². The van der Waals surface area contributed by atoms with Crippen LogP contribution in [0.3, 0.4) is 0 Å². The Kier molecular flexibility index (Phi) is 3.95. The topological polar surface area (TPSA) is 55.1 Å². The Bertz CT molecular complexity index is 450. The van der Waals surface area contributed by atoms with Gasteiger partial charge >= 0.3 is 5.97 Å². The highest BCUT2D eigenvalue weighted by Gasteiger charge is 2.32. The van der Waals surface area contributed by atoms with Crippen LogP contribution in [-0.2, 0) is 18.3 Å². The molecule has 18 heavy (non-hydrogen) atoms. The van der Waals surface area contributed by atoms with Crippen LogP contribution in [0.2, 0.25) is 5.15 Å². The summed E-state index contributed by atoms with van der Waals surface area (Å²) in [5.74, 6) is -0.743. The monoisotopic (exact) mass is 270 g/mol. The van der Waals surface area contributed by atoms with Crippen LogP contribution in [0.5, 0.6) is 0 Å². The average Bonchev–Trinajstić information content (AvgIpc) is 2.88. The molecule has 1 aromatic rings. The minimum atomic E-state index is -0.707. The van der Waals surface area contributed by atoms with E-state index >= 15 is 0 Å². The van der Waals surface area contributed by atoms with E-state index in [0.29, 0.717) is 11.6 Å². The standard InChI is InChI=1S/C13H19ClN2O2/c1-8-10(12(14)16(2)15-8)7-11(13(17)18)9-5-3-4-6-9/h9,11H,3-7H2,1-2H3,(H,17,18). The predicted octanol–water partition coefficient (Wildman–Crippen LogP) is 2.82. The predicted molar refractivity (Wildman–Crippen MR) is 69.7 cm³/mol. The van der Waals surface area contributed by atoms with Crippen LogP contribution in [0.4, 0.5) is 0 Å². The van der Waals surface area contributed by atoms with Crippen molar-refractivity contribution < 1.29 is 9.90 Å². The molecule has 1 aliphatic rings. The summed E-state index contributed by atoms with van der Waals surface area (Å²) < 4.78 is 1.61. The summed E-state index contributed by atoms with van der Waals surface area (Å²) >= 11 is 6.18. The van der Waals surface area contributed by atoms with E-state index in [1.54, 1.807) is 11.7 Å². The second kappa shape index (κ2) is 5.31. The molecule has 1 fully saturated rings. The fraction of sp³-hybridized carbons (Fsp3) is 0.692. The molecule has 5 heteroatoms. The quantitative estimate of drug-likeness (QED) is 0.915. The number of aryl methyl sites for hydroxylation is 2. The van der Waals surface area contributed by atoms with Gasteiger partial charge in [0.15, 0.2) is 0 Å². The van der Waals surface area contributed by atoms with E-state index < -0.39 is 5.97 Å². The largest absolute Gasteiger partial charge is 0.481 e. The second-order valence-electron chi connectivity index (χ2n) is 5.17. The van der Waals surface area contributed by atoms with Gasteiger partial charge in [0.25, 0.3) is 0 Å². The number of nitrogens with zero attached hydrogens (tertiary/aromatic N) is 2. The molecule has 0 amide bonds. The molecule has 1 heterocycles. The van der Waals surface area contributed by atoms with Gasteiger partial charge < -0.3 is 5.11 Å². The number of aromatic nitrogens is 2. The molecule has 1 aliphatic carbocycles. The molecule has 0 bridgehead atoms. The molecule has 2 rings (SSSR count). The van der Waals surface area contributed by atoms with Gasteiger partial charge in [0, 0.05) is 12.6 Å². The molecule has 0 aromatic carbocycles. The fourth-order valence-electron chi connectivity index (χ4n) is 2.94. The number of carbonyl (C=O) groups is 1. The molecular formula is C13H19ClN2O2. The summed E-state index contributed by atoms with van der Waals surface area (Å²) in [7, 11) is 1.78. The molecule has 100 valence electrons. The minimum absolute atomic E-state index is 0.290. The van der Waals surface area contributed by atoms with E-state index in [1.165, 1.54) is 0 Å². The highest BCUT2D eigenvalue weighted by Crippen LogP contribution is 2.35. The first-order valence-corrected chi connectivity index (χ1v) is 6.79. The summed E-state index contributed by atoms with van der Waals surface area (Å²) in [5, 5.41) is 14.2. The van der Waals surface area contributed by atoms with Crippen LogP contribution in [0, 0.1) is 18.8 Å². The van der Waals surface area contributed by atoms with Crippen LogP contribution >= 0.6 is 11.6 Å². The number of aliphatic carboxylic acids is 1. The molecule has 1 unspecified atom stereocenters. The maximum absolute atomic E-state index is 11.4. The highest BCUT2D eigenvalue weighted by molar-refractivity contribution is 6.30. The second-order valence-corrected chi connectivity index (χ2v) is 5.53. The van der Waals surface area contributed by atoms with Gasteiger partial charge in [-0.2, -0.15) is 5.10 Å². The highest BCUT2D eigenvalue weighted by atomic mass is 35.5. The van der Waals surface area contributed by atoms with Crippen molar-refractivity contribution in [3.63, 3.8) is 0 Å². The maximum Gasteiger partial charge on any atom is 0.307 e. The minimum Gasteiger partial charge on any atom is -0.481 e. The number of carboxylic acid groups (broad SMARTS) is 1. The molecule has 1 aromatic heterocycles. The van der Waals surface area contributed by atoms with Gasteiger partial charge in [0.05, 0.1) is 11.6 Å². The number of rotatable bonds is 4. The van der Waals surface area contributed by atoms with E-state index in [4.69, 9.17) is 11.6 Å². The van der Waals surface area contributed by atoms with E-state index in [0.717, 1.165) is 36.9 Å². The molecule has 1 N–H and O–H groups in total. The molecule has 1 saturated carbocycles. The normalized spacial score (nSPS) is 18.2. The van der Waals surface area contributed by atoms with Gasteiger partial charge in [-0.05, 0) is 32.1 Å². The van der Waals surface area contributed by atoms with Crippen molar-refractivity contribution >= 4 is 17.6 Å². The number of hydrogen-bond acceptors (Lipinski definition) is 2. The number of hydrogen-bond donors (Lipinski definition) is 1.